The third-order valence-electron chi connectivity index (χ3n) is 4.41. The van der Waals surface area contributed by atoms with Crippen molar-refractivity contribution in [3.8, 4) is 0 Å². The lowest BCUT2D eigenvalue weighted by Crippen LogP contribution is -2.31. The summed E-state index contributed by atoms with van der Waals surface area (Å²) in [6.45, 7) is 0.113. The zero-order chi connectivity index (χ0) is 21.0. The Kier molecular flexibility index (Phi) is 6.67. The molecular weight excluding hydrogens is 431 g/mol. The molecule has 5 nitrogen and oxygen atoms in total. The van der Waals surface area contributed by atoms with Crippen molar-refractivity contribution in [1.82, 2.24) is 0 Å². The van der Waals surface area contributed by atoms with Gasteiger partial charge in [-0.15, -0.1) is 0 Å². The number of amides is 1. The Labute approximate surface area is 180 Å². The van der Waals surface area contributed by atoms with E-state index in [0.29, 0.717) is 17.1 Å². The van der Waals surface area contributed by atoms with E-state index in [0.717, 1.165) is 22.7 Å². The van der Waals surface area contributed by atoms with E-state index in [1.807, 2.05) is 42.5 Å². The van der Waals surface area contributed by atoms with Crippen molar-refractivity contribution in [2.24, 2.45) is 0 Å². The van der Waals surface area contributed by atoms with Crippen molar-refractivity contribution in [3.05, 3.63) is 70.7 Å². The van der Waals surface area contributed by atoms with Gasteiger partial charge < -0.3 is 5.32 Å². The molecule has 0 saturated heterocycles. The standard InChI is InChI=1S/C21H20Cl2N2O3S/c1-29(27,28)25(20-14-16(22)11-12-18(20)23)13-5-10-21(26)24-19-9-4-7-15-6-2-3-8-17(15)19/h2-4,6-9,11-12,14H,5,10,13H2,1H3,(H,24,26). The fourth-order valence-electron chi connectivity index (χ4n) is 3.07. The minimum Gasteiger partial charge on any atom is -0.326 e. The second kappa shape index (κ2) is 9.03. The minimum atomic E-state index is -3.58. The summed E-state index contributed by atoms with van der Waals surface area (Å²) in [5, 5.41) is 5.55. The normalized spacial score (nSPS) is 11.4. The molecule has 0 radical (unpaired) electrons. The summed E-state index contributed by atoms with van der Waals surface area (Å²) in [6.07, 6.45) is 1.58. The Hall–Kier alpha value is -2.28. The fraction of sp³-hybridized carbons (Fsp3) is 0.190. The largest absolute Gasteiger partial charge is 0.326 e. The van der Waals surface area contributed by atoms with Crippen molar-refractivity contribution >= 4 is 61.3 Å². The van der Waals surface area contributed by atoms with Gasteiger partial charge >= 0.3 is 0 Å². The topological polar surface area (TPSA) is 66.5 Å². The molecule has 3 rings (SSSR count). The number of nitrogens with zero attached hydrogens (tertiary/aromatic N) is 1. The average molecular weight is 451 g/mol. The van der Waals surface area contributed by atoms with Crippen molar-refractivity contribution in [2.75, 3.05) is 22.4 Å². The van der Waals surface area contributed by atoms with E-state index < -0.39 is 10.0 Å². The van der Waals surface area contributed by atoms with Crippen LogP contribution in [0.1, 0.15) is 12.8 Å². The number of nitrogens with one attached hydrogen (secondary N) is 1. The van der Waals surface area contributed by atoms with Crippen LogP contribution in [0.3, 0.4) is 0 Å². The molecule has 0 aliphatic rings. The molecule has 8 heteroatoms. The summed E-state index contributed by atoms with van der Waals surface area (Å²) >= 11 is 12.1. The van der Waals surface area contributed by atoms with E-state index in [9.17, 15) is 13.2 Å². The maximum absolute atomic E-state index is 12.4. The lowest BCUT2D eigenvalue weighted by atomic mass is 10.1. The number of anilines is 2. The van der Waals surface area contributed by atoms with E-state index in [1.54, 1.807) is 12.1 Å². The van der Waals surface area contributed by atoms with Crippen LogP contribution in [0.2, 0.25) is 10.0 Å². The maximum atomic E-state index is 12.4. The van der Waals surface area contributed by atoms with Crippen LogP contribution in [-0.4, -0.2) is 27.1 Å². The van der Waals surface area contributed by atoms with Crippen LogP contribution in [0, 0.1) is 0 Å². The summed E-state index contributed by atoms with van der Waals surface area (Å²) in [5.74, 6) is -0.188. The van der Waals surface area contributed by atoms with Crippen LogP contribution in [0.15, 0.2) is 60.7 Å². The van der Waals surface area contributed by atoms with E-state index in [-0.39, 0.29) is 23.9 Å². The second-order valence-electron chi connectivity index (χ2n) is 6.61. The molecule has 0 spiro atoms. The highest BCUT2D eigenvalue weighted by molar-refractivity contribution is 7.92. The van der Waals surface area contributed by atoms with Gasteiger partial charge in [0, 0.05) is 29.1 Å². The van der Waals surface area contributed by atoms with Crippen molar-refractivity contribution in [3.63, 3.8) is 0 Å². The first-order chi connectivity index (χ1) is 13.8. The Balaban J connectivity index is 1.68. The van der Waals surface area contributed by atoms with Crippen molar-refractivity contribution in [2.45, 2.75) is 12.8 Å². The molecule has 0 aromatic heterocycles. The molecule has 0 aliphatic heterocycles. The van der Waals surface area contributed by atoms with Gasteiger partial charge in [-0.05, 0) is 36.1 Å². The lowest BCUT2D eigenvalue weighted by Gasteiger charge is -2.23. The van der Waals surface area contributed by atoms with Gasteiger partial charge in [0.25, 0.3) is 0 Å². The van der Waals surface area contributed by atoms with E-state index >= 15 is 0 Å². The smallest absolute Gasteiger partial charge is 0.232 e. The predicted molar refractivity (Wildman–Crippen MR) is 120 cm³/mol. The summed E-state index contributed by atoms with van der Waals surface area (Å²) in [7, 11) is -3.58. The number of sulfonamides is 1. The first kappa shape index (κ1) is 21.4. The van der Waals surface area contributed by atoms with Gasteiger partial charge in [-0.25, -0.2) is 8.42 Å². The lowest BCUT2D eigenvalue weighted by molar-refractivity contribution is -0.116. The molecule has 29 heavy (non-hydrogen) atoms. The first-order valence-electron chi connectivity index (χ1n) is 8.96. The van der Waals surface area contributed by atoms with Crippen LogP contribution < -0.4 is 9.62 Å². The second-order valence-corrected chi connectivity index (χ2v) is 9.36. The molecule has 1 N–H and O–H groups in total. The zero-order valence-corrected chi connectivity index (χ0v) is 18.1. The molecule has 0 unspecified atom stereocenters. The number of carbonyl (C=O) groups excluding carboxylic acids is 1. The maximum Gasteiger partial charge on any atom is 0.232 e. The van der Waals surface area contributed by atoms with Gasteiger partial charge in [0.2, 0.25) is 15.9 Å². The molecule has 0 fully saturated rings. The Bertz CT molecular complexity index is 1140. The van der Waals surface area contributed by atoms with Gasteiger partial charge in [-0.1, -0.05) is 59.6 Å². The molecule has 1 amide bonds. The quantitative estimate of drug-likeness (QED) is 0.528. The van der Waals surface area contributed by atoms with Crippen LogP contribution in [0.25, 0.3) is 10.8 Å². The number of hydrogen-bond acceptors (Lipinski definition) is 3. The third kappa shape index (κ3) is 5.41. The van der Waals surface area contributed by atoms with Crippen LogP contribution in [-0.2, 0) is 14.8 Å². The van der Waals surface area contributed by atoms with Gasteiger partial charge in [-0.2, -0.15) is 0 Å². The number of hydrogen-bond donors (Lipinski definition) is 1. The molecule has 0 heterocycles. The molecule has 0 atom stereocenters. The Morgan fingerprint density at radius 1 is 1.03 bits per heavy atom. The number of carbonyl (C=O) groups is 1. The van der Waals surface area contributed by atoms with Crippen molar-refractivity contribution in [1.29, 1.82) is 0 Å². The highest BCUT2D eigenvalue weighted by Crippen LogP contribution is 2.31. The first-order valence-corrected chi connectivity index (χ1v) is 11.6. The van der Waals surface area contributed by atoms with Gasteiger partial charge in [0.15, 0.2) is 0 Å². The molecule has 0 saturated carbocycles. The highest BCUT2D eigenvalue weighted by Gasteiger charge is 2.20. The Morgan fingerprint density at radius 3 is 2.52 bits per heavy atom. The SMILES string of the molecule is CS(=O)(=O)N(CCCC(=O)Nc1cccc2ccccc12)c1cc(Cl)ccc1Cl. The van der Waals surface area contributed by atoms with Gasteiger partial charge in [0.05, 0.1) is 17.0 Å². The summed E-state index contributed by atoms with van der Waals surface area (Å²) in [5.41, 5.74) is 1.03. The molecule has 3 aromatic rings. The summed E-state index contributed by atoms with van der Waals surface area (Å²) in [4.78, 5) is 12.4. The molecular formula is C21H20Cl2N2O3S. The minimum absolute atomic E-state index is 0.113. The molecule has 3 aromatic carbocycles. The van der Waals surface area contributed by atoms with E-state index in [2.05, 4.69) is 5.32 Å². The fourth-order valence-corrected chi connectivity index (χ4v) is 4.48. The number of fused-ring (bicyclic) bond motifs is 1. The predicted octanol–water partition coefficient (Wildman–Crippen LogP) is 5.33. The van der Waals surface area contributed by atoms with Crippen molar-refractivity contribution < 1.29 is 13.2 Å². The van der Waals surface area contributed by atoms with Crippen LogP contribution in [0.4, 0.5) is 11.4 Å². The Morgan fingerprint density at radius 2 is 1.76 bits per heavy atom. The molecule has 0 bridgehead atoms. The van der Waals surface area contributed by atoms with E-state index in [1.165, 1.54) is 10.4 Å². The number of rotatable bonds is 7. The average Bonchev–Trinajstić information content (AvgIpc) is 2.67. The highest BCUT2D eigenvalue weighted by atomic mass is 35.5. The summed E-state index contributed by atoms with van der Waals surface area (Å²) in [6, 6.07) is 18.1. The molecule has 0 aliphatic carbocycles. The van der Waals surface area contributed by atoms with Gasteiger partial charge in [0.1, 0.15) is 0 Å². The third-order valence-corrected chi connectivity index (χ3v) is 6.14. The van der Waals surface area contributed by atoms with Crippen LogP contribution in [0.5, 0.6) is 0 Å². The molecule has 152 valence electrons. The monoisotopic (exact) mass is 450 g/mol. The van der Waals surface area contributed by atoms with Gasteiger partial charge in [-0.3, -0.25) is 9.10 Å². The summed E-state index contributed by atoms with van der Waals surface area (Å²) < 4.78 is 25.6. The number of halogens is 2. The van der Waals surface area contributed by atoms with Crippen LogP contribution >= 0.6 is 23.2 Å². The number of benzene rings is 3. The zero-order valence-electron chi connectivity index (χ0n) is 15.7. The van der Waals surface area contributed by atoms with E-state index in [4.69, 9.17) is 23.2 Å².